The number of benzene rings is 2. The van der Waals surface area contributed by atoms with Gasteiger partial charge in [-0.15, -0.1) is 0 Å². The molecule has 31 heavy (non-hydrogen) atoms. The highest BCUT2D eigenvalue weighted by molar-refractivity contribution is 5.94. The van der Waals surface area contributed by atoms with Crippen molar-refractivity contribution in [3.63, 3.8) is 0 Å². The van der Waals surface area contributed by atoms with Gasteiger partial charge in [-0.05, 0) is 43.3 Å². The summed E-state index contributed by atoms with van der Waals surface area (Å²) in [7, 11) is 0. The van der Waals surface area contributed by atoms with Crippen LogP contribution in [0.3, 0.4) is 0 Å². The number of nitrogens with two attached hydrogens (primary N) is 1. The molecule has 0 saturated carbocycles. The molecule has 1 aliphatic rings. The average Bonchev–Trinajstić information content (AvgIpc) is 2.81. The minimum atomic E-state index is 0.563. The van der Waals surface area contributed by atoms with Crippen molar-refractivity contribution in [1.29, 1.82) is 0 Å². The Morgan fingerprint density at radius 1 is 0.839 bits per heavy atom. The number of rotatable bonds is 4. The lowest BCUT2D eigenvalue weighted by atomic mass is 10.1. The van der Waals surface area contributed by atoms with E-state index in [2.05, 4.69) is 60.4 Å². The number of pyridine rings is 1. The van der Waals surface area contributed by atoms with Crippen LogP contribution in [0.5, 0.6) is 0 Å². The van der Waals surface area contributed by atoms with Crippen molar-refractivity contribution in [3.05, 3.63) is 72.7 Å². The zero-order valence-electron chi connectivity index (χ0n) is 17.5. The van der Waals surface area contributed by atoms with Crippen LogP contribution in [0.1, 0.15) is 5.69 Å². The van der Waals surface area contributed by atoms with Gasteiger partial charge in [-0.3, -0.25) is 4.98 Å². The molecule has 2 aromatic heterocycles. The smallest absolute Gasteiger partial charge is 0.159 e. The summed E-state index contributed by atoms with van der Waals surface area (Å²) in [5.74, 6) is 1.39. The summed E-state index contributed by atoms with van der Waals surface area (Å²) in [6.45, 7) is 5.54. The van der Waals surface area contributed by atoms with Gasteiger partial charge in [-0.1, -0.05) is 24.3 Å². The van der Waals surface area contributed by atoms with Crippen LogP contribution >= 0.6 is 0 Å². The number of anilines is 5. The van der Waals surface area contributed by atoms with E-state index in [1.807, 2.05) is 37.3 Å². The molecule has 0 radical (unpaired) electrons. The van der Waals surface area contributed by atoms with Gasteiger partial charge >= 0.3 is 0 Å². The number of nitrogens with one attached hydrogen (secondary N) is 1. The second-order valence-electron chi connectivity index (χ2n) is 7.72. The summed E-state index contributed by atoms with van der Waals surface area (Å²) in [5.41, 5.74) is 11.2. The fraction of sp³-hybridized carbons (Fsp3) is 0.208. The third-order valence-corrected chi connectivity index (χ3v) is 5.69. The number of nitrogen functional groups attached to an aromatic ring is 1. The lowest BCUT2D eigenvalue weighted by Crippen LogP contribution is -2.47. The second kappa shape index (κ2) is 8.10. The van der Waals surface area contributed by atoms with Crippen molar-refractivity contribution in [1.82, 2.24) is 15.0 Å². The van der Waals surface area contributed by atoms with Crippen molar-refractivity contribution in [3.8, 4) is 0 Å². The van der Waals surface area contributed by atoms with E-state index < -0.39 is 0 Å². The first kappa shape index (κ1) is 19.1. The number of fused-ring (bicyclic) bond motifs is 1. The van der Waals surface area contributed by atoms with Crippen LogP contribution in [-0.4, -0.2) is 41.1 Å². The Morgan fingerprint density at radius 3 is 2.42 bits per heavy atom. The zero-order chi connectivity index (χ0) is 21.2. The lowest BCUT2D eigenvalue weighted by Gasteiger charge is -2.37. The van der Waals surface area contributed by atoms with Gasteiger partial charge in [0.25, 0.3) is 0 Å². The molecule has 7 nitrogen and oxygen atoms in total. The van der Waals surface area contributed by atoms with Crippen molar-refractivity contribution in [2.45, 2.75) is 6.92 Å². The number of para-hydroxylation sites is 1. The number of nitrogens with zero attached hydrogens (tertiary/aromatic N) is 5. The van der Waals surface area contributed by atoms with Crippen molar-refractivity contribution < 1.29 is 0 Å². The quantitative estimate of drug-likeness (QED) is 0.525. The normalized spacial score (nSPS) is 14.1. The zero-order valence-corrected chi connectivity index (χ0v) is 17.5. The summed E-state index contributed by atoms with van der Waals surface area (Å²) >= 11 is 0. The predicted molar refractivity (Wildman–Crippen MR) is 127 cm³/mol. The Morgan fingerprint density at radius 2 is 1.61 bits per heavy atom. The Kier molecular flexibility index (Phi) is 5.00. The molecule has 1 fully saturated rings. The van der Waals surface area contributed by atoms with Crippen molar-refractivity contribution in [2.24, 2.45) is 0 Å². The predicted octanol–water partition coefficient (Wildman–Crippen LogP) is 3.99. The Balaban J connectivity index is 1.37. The first-order valence-corrected chi connectivity index (χ1v) is 10.5. The van der Waals surface area contributed by atoms with E-state index in [1.54, 1.807) is 6.33 Å². The maximum Gasteiger partial charge on any atom is 0.159 e. The molecule has 3 N–H and O–H groups in total. The number of aryl methyl sites for hydroxylation is 1. The fourth-order valence-electron chi connectivity index (χ4n) is 4.05. The van der Waals surface area contributed by atoms with Gasteiger partial charge in [0.2, 0.25) is 0 Å². The molecule has 0 spiro atoms. The van der Waals surface area contributed by atoms with Gasteiger partial charge in [0.1, 0.15) is 12.0 Å². The minimum absolute atomic E-state index is 0.563. The number of hydrogen-bond acceptors (Lipinski definition) is 7. The molecule has 1 aliphatic heterocycles. The van der Waals surface area contributed by atoms with E-state index in [0.717, 1.165) is 54.3 Å². The van der Waals surface area contributed by atoms with Gasteiger partial charge in [0, 0.05) is 48.6 Å². The van der Waals surface area contributed by atoms with E-state index in [4.69, 9.17) is 5.73 Å². The van der Waals surface area contributed by atoms with Gasteiger partial charge in [0.05, 0.1) is 5.52 Å². The standard InChI is InChI=1S/C24H25N7/c1-17-10-11-19-20(28-17)8-5-9-21(19)29-23-22(25)24(27-16-26-23)31-14-12-30(13-15-31)18-6-3-2-4-7-18/h2-11,16H,12-15,25H2,1H3,(H,26,27,29). The number of hydrogen-bond donors (Lipinski definition) is 2. The molecule has 5 rings (SSSR count). The van der Waals surface area contributed by atoms with E-state index in [-0.39, 0.29) is 0 Å². The average molecular weight is 412 g/mol. The highest BCUT2D eigenvalue weighted by Crippen LogP contribution is 2.32. The maximum atomic E-state index is 6.52. The molecule has 7 heteroatoms. The van der Waals surface area contributed by atoms with E-state index in [0.29, 0.717) is 11.5 Å². The summed E-state index contributed by atoms with van der Waals surface area (Å²) in [4.78, 5) is 18.1. The number of piperazine rings is 1. The molecule has 0 atom stereocenters. The molecule has 0 bridgehead atoms. The van der Waals surface area contributed by atoms with Crippen LogP contribution < -0.4 is 20.9 Å². The van der Waals surface area contributed by atoms with Gasteiger partial charge in [-0.25, -0.2) is 9.97 Å². The van der Waals surface area contributed by atoms with Crippen LogP contribution in [0.15, 0.2) is 67.0 Å². The highest BCUT2D eigenvalue weighted by atomic mass is 15.3. The molecule has 4 aromatic rings. The van der Waals surface area contributed by atoms with Crippen LogP contribution in [0.25, 0.3) is 10.9 Å². The van der Waals surface area contributed by atoms with E-state index >= 15 is 0 Å². The van der Waals surface area contributed by atoms with E-state index in [9.17, 15) is 0 Å². The number of aromatic nitrogens is 3. The minimum Gasteiger partial charge on any atom is -0.393 e. The monoisotopic (exact) mass is 411 g/mol. The fourth-order valence-corrected chi connectivity index (χ4v) is 4.05. The van der Waals surface area contributed by atoms with E-state index in [1.165, 1.54) is 5.69 Å². The molecular weight excluding hydrogens is 386 g/mol. The van der Waals surface area contributed by atoms with Crippen LogP contribution in [-0.2, 0) is 0 Å². The van der Waals surface area contributed by atoms with Crippen LogP contribution in [0, 0.1) is 6.92 Å². The highest BCUT2D eigenvalue weighted by Gasteiger charge is 2.21. The van der Waals surface area contributed by atoms with Gasteiger partial charge in [-0.2, -0.15) is 0 Å². The summed E-state index contributed by atoms with van der Waals surface area (Å²) in [6, 6.07) is 20.6. The Bertz CT molecular complexity index is 1200. The first-order valence-electron chi connectivity index (χ1n) is 10.5. The molecular formula is C24H25N7. The second-order valence-corrected chi connectivity index (χ2v) is 7.72. The molecule has 0 amide bonds. The lowest BCUT2D eigenvalue weighted by molar-refractivity contribution is 0.647. The Hall–Kier alpha value is -3.87. The molecule has 1 saturated heterocycles. The molecule has 2 aromatic carbocycles. The largest absolute Gasteiger partial charge is 0.393 e. The van der Waals surface area contributed by atoms with Crippen LogP contribution in [0.4, 0.5) is 28.7 Å². The molecule has 0 aliphatic carbocycles. The first-order chi connectivity index (χ1) is 15.2. The van der Waals surface area contributed by atoms with Gasteiger partial charge in [0.15, 0.2) is 11.6 Å². The Labute approximate surface area is 181 Å². The molecule has 3 heterocycles. The SMILES string of the molecule is Cc1ccc2c(Nc3ncnc(N4CCN(c5ccccc5)CC4)c3N)cccc2n1. The summed E-state index contributed by atoms with van der Waals surface area (Å²) in [5, 5.41) is 4.43. The molecule has 156 valence electrons. The van der Waals surface area contributed by atoms with Crippen molar-refractivity contribution in [2.75, 3.05) is 47.0 Å². The maximum absolute atomic E-state index is 6.52. The molecule has 0 unspecified atom stereocenters. The van der Waals surface area contributed by atoms with Gasteiger partial charge < -0.3 is 20.9 Å². The van der Waals surface area contributed by atoms with Crippen LogP contribution in [0.2, 0.25) is 0 Å². The van der Waals surface area contributed by atoms with Crippen molar-refractivity contribution >= 4 is 39.6 Å². The third kappa shape index (κ3) is 3.82. The topological polar surface area (TPSA) is 83.2 Å². The summed E-state index contributed by atoms with van der Waals surface area (Å²) < 4.78 is 0. The summed E-state index contributed by atoms with van der Waals surface area (Å²) in [6.07, 6.45) is 1.57. The third-order valence-electron chi connectivity index (χ3n) is 5.69.